The number of carbonyl (C=O) groups is 1. The molecular formula is C30H32N2O2S. The van der Waals surface area contributed by atoms with Crippen LogP contribution in [-0.4, -0.2) is 10.5 Å². The van der Waals surface area contributed by atoms with E-state index < -0.39 is 6.09 Å². The topological polar surface area (TPSA) is 51.2 Å². The van der Waals surface area contributed by atoms with E-state index >= 15 is 0 Å². The third-order valence-electron chi connectivity index (χ3n) is 6.49. The number of carbonyl (C=O) groups excluding carboxylic acids is 1. The Balaban J connectivity index is 1.48. The summed E-state index contributed by atoms with van der Waals surface area (Å²) in [4.78, 5) is 13.6. The van der Waals surface area contributed by atoms with Gasteiger partial charge in [0, 0.05) is 0 Å². The van der Waals surface area contributed by atoms with E-state index in [0.29, 0.717) is 11.6 Å². The summed E-state index contributed by atoms with van der Waals surface area (Å²) in [6, 6.07) is 27.0. The van der Waals surface area contributed by atoms with Crippen molar-refractivity contribution in [2.45, 2.75) is 52.6 Å². The first-order valence-corrected chi connectivity index (χ1v) is 13.0. The number of amides is 1. The normalized spacial score (nSPS) is 11.9. The first-order valence-electron chi connectivity index (χ1n) is 12.2. The van der Waals surface area contributed by atoms with Gasteiger partial charge in [0.05, 0.1) is 16.3 Å². The summed E-state index contributed by atoms with van der Waals surface area (Å²) in [5.41, 5.74) is 7.20. The molecule has 0 aliphatic rings. The summed E-state index contributed by atoms with van der Waals surface area (Å²) >= 11 is 1.38. The van der Waals surface area contributed by atoms with Gasteiger partial charge in [-0.15, -0.1) is 0 Å². The van der Waals surface area contributed by atoms with Crippen molar-refractivity contribution in [1.82, 2.24) is 4.37 Å². The van der Waals surface area contributed by atoms with Crippen molar-refractivity contribution in [1.29, 1.82) is 0 Å². The number of aryl methyl sites for hydroxylation is 1. The fourth-order valence-electron chi connectivity index (χ4n) is 4.32. The fourth-order valence-corrected chi connectivity index (χ4v) is 5.17. The van der Waals surface area contributed by atoms with Gasteiger partial charge in [-0.05, 0) is 72.0 Å². The first kappa shape index (κ1) is 24.7. The zero-order valence-corrected chi connectivity index (χ0v) is 21.6. The van der Waals surface area contributed by atoms with Gasteiger partial charge in [-0.1, -0.05) is 92.7 Å². The Labute approximate surface area is 212 Å². The highest BCUT2D eigenvalue weighted by Gasteiger charge is 2.18. The molecule has 0 saturated carbocycles. The van der Waals surface area contributed by atoms with E-state index in [2.05, 4.69) is 72.1 Å². The maximum absolute atomic E-state index is 12.6. The number of ether oxygens (including phenoxy) is 1. The van der Waals surface area contributed by atoms with Crippen LogP contribution in [0.25, 0.3) is 21.6 Å². The summed E-state index contributed by atoms with van der Waals surface area (Å²) in [7, 11) is 0. The molecule has 4 nitrogen and oxygen atoms in total. The summed E-state index contributed by atoms with van der Waals surface area (Å²) in [6.45, 7) is 8.25. The fraction of sp³-hybridized carbons (Fsp3) is 0.267. The second kappa shape index (κ2) is 11.3. The van der Waals surface area contributed by atoms with Crippen molar-refractivity contribution in [3.8, 4) is 21.6 Å². The quantitative estimate of drug-likeness (QED) is 0.271. The summed E-state index contributed by atoms with van der Waals surface area (Å²) < 4.78 is 10.1. The Morgan fingerprint density at radius 3 is 2.03 bits per heavy atom. The highest BCUT2D eigenvalue weighted by molar-refractivity contribution is 7.10. The zero-order valence-electron chi connectivity index (χ0n) is 20.7. The number of hydrogen-bond acceptors (Lipinski definition) is 4. The number of anilines is 1. The van der Waals surface area contributed by atoms with Crippen LogP contribution < -0.4 is 5.32 Å². The molecule has 180 valence electrons. The van der Waals surface area contributed by atoms with Gasteiger partial charge in [0.1, 0.15) is 6.10 Å². The summed E-state index contributed by atoms with van der Waals surface area (Å²) in [5, 5.41) is 2.92. The summed E-state index contributed by atoms with van der Waals surface area (Å²) in [6.07, 6.45) is 1.49. The van der Waals surface area contributed by atoms with E-state index in [4.69, 9.17) is 4.74 Å². The van der Waals surface area contributed by atoms with Crippen molar-refractivity contribution >= 4 is 23.3 Å². The molecule has 0 spiro atoms. The van der Waals surface area contributed by atoms with Crippen molar-refractivity contribution in [3.63, 3.8) is 0 Å². The van der Waals surface area contributed by atoms with Crippen LogP contribution in [0.3, 0.4) is 0 Å². The van der Waals surface area contributed by atoms with Crippen molar-refractivity contribution < 1.29 is 9.53 Å². The Kier molecular flexibility index (Phi) is 7.98. The lowest BCUT2D eigenvalue weighted by atomic mass is 9.92. The monoisotopic (exact) mass is 484 g/mol. The van der Waals surface area contributed by atoms with E-state index in [1.165, 1.54) is 22.7 Å². The lowest BCUT2D eigenvalue weighted by molar-refractivity contribution is 0.121. The van der Waals surface area contributed by atoms with Crippen molar-refractivity contribution in [2.24, 2.45) is 0 Å². The molecule has 35 heavy (non-hydrogen) atoms. The van der Waals surface area contributed by atoms with Crippen LogP contribution in [0.4, 0.5) is 10.5 Å². The second-order valence-electron chi connectivity index (χ2n) is 8.77. The first-order chi connectivity index (χ1) is 17.0. The van der Waals surface area contributed by atoms with Crippen LogP contribution in [0.2, 0.25) is 0 Å². The van der Waals surface area contributed by atoms with Crippen LogP contribution in [-0.2, 0) is 4.74 Å². The molecule has 4 aromatic rings. The molecule has 4 rings (SSSR count). The molecule has 1 heterocycles. The van der Waals surface area contributed by atoms with Gasteiger partial charge in [0.25, 0.3) is 0 Å². The minimum Gasteiger partial charge on any atom is -0.441 e. The van der Waals surface area contributed by atoms with Gasteiger partial charge < -0.3 is 4.74 Å². The number of nitrogens with one attached hydrogen (secondary N) is 1. The Morgan fingerprint density at radius 1 is 0.857 bits per heavy atom. The number of rotatable bonds is 8. The zero-order chi connectivity index (χ0) is 24.8. The van der Waals surface area contributed by atoms with Gasteiger partial charge in [-0.3, -0.25) is 5.32 Å². The van der Waals surface area contributed by atoms with E-state index in [1.54, 1.807) is 0 Å². The average molecular weight is 485 g/mol. The smallest absolute Gasteiger partial charge is 0.412 e. The maximum atomic E-state index is 12.6. The highest BCUT2D eigenvalue weighted by Crippen LogP contribution is 2.36. The number of aromatic nitrogens is 1. The van der Waals surface area contributed by atoms with Gasteiger partial charge in [-0.2, -0.15) is 4.37 Å². The Bertz CT molecular complexity index is 1240. The molecule has 3 aromatic carbocycles. The van der Waals surface area contributed by atoms with Crippen molar-refractivity contribution in [3.05, 3.63) is 95.7 Å². The SMILES string of the molecule is CCC(CC)c1ccc(-c2ccc(-c3snc(C)c3NC(=O)O[C@H](C)c3ccccc3)cc2)cc1. The van der Waals surface area contributed by atoms with E-state index in [0.717, 1.165) is 40.1 Å². The third-order valence-corrected chi connectivity index (χ3v) is 7.48. The third kappa shape index (κ3) is 5.80. The Morgan fingerprint density at radius 2 is 1.43 bits per heavy atom. The number of hydrogen-bond donors (Lipinski definition) is 1. The molecule has 0 saturated heterocycles. The molecule has 0 aliphatic carbocycles. The molecule has 1 amide bonds. The van der Waals surface area contributed by atoms with Crippen LogP contribution in [0.5, 0.6) is 0 Å². The minimum atomic E-state index is -0.486. The van der Waals surface area contributed by atoms with Gasteiger partial charge >= 0.3 is 6.09 Å². The molecule has 0 radical (unpaired) electrons. The van der Waals surface area contributed by atoms with Gasteiger partial charge in [0.15, 0.2) is 0 Å². The van der Waals surface area contributed by atoms with Gasteiger partial charge in [0.2, 0.25) is 0 Å². The average Bonchev–Trinajstić information content (AvgIpc) is 3.25. The summed E-state index contributed by atoms with van der Waals surface area (Å²) in [5.74, 6) is 0.620. The molecule has 0 aliphatic heterocycles. The van der Waals surface area contributed by atoms with Crippen molar-refractivity contribution in [2.75, 3.05) is 5.32 Å². The molecule has 0 bridgehead atoms. The van der Waals surface area contributed by atoms with Crippen LogP contribution in [0.15, 0.2) is 78.9 Å². The molecule has 1 aromatic heterocycles. The lowest BCUT2D eigenvalue weighted by Crippen LogP contribution is -2.16. The highest BCUT2D eigenvalue weighted by atomic mass is 32.1. The maximum Gasteiger partial charge on any atom is 0.412 e. The van der Waals surface area contributed by atoms with E-state index in [9.17, 15) is 4.79 Å². The molecular weight excluding hydrogens is 452 g/mol. The standard InChI is InChI=1S/C30H32N2O2S/c1-5-22(6-2)24-12-14-25(15-13-24)26-16-18-27(19-17-26)29-28(20(3)32-35-29)31-30(33)34-21(4)23-10-8-7-9-11-23/h7-19,21-22H,5-6H2,1-4H3,(H,31,33)/t21-/m1/s1. The lowest BCUT2D eigenvalue weighted by Gasteiger charge is -2.15. The molecule has 1 N–H and O–H groups in total. The molecule has 0 unspecified atom stereocenters. The number of nitrogens with zero attached hydrogens (tertiary/aromatic N) is 1. The minimum absolute atomic E-state index is 0.345. The Hall–Kier alpha value is -3.44. The molecule has 0 fully saturated rings. The van der Waals surface area contributed by atoms with Gasteiger partial charge in [-0.25, -0.2) is 4.79 Å². The number of benzene rings is 3. The van der Waals surface area contributed by atoms with Crippen LogP contribution >= 0.6 is 11.5 Å². The van der Waals surface area contributed by atoms with Crippen LogP contribution in [0.1, 0.15) is 62.5 Å². The van der Waals surface area contributed by atoms with E-state index in [-0.39, 0.29) is 6.10 Å². The predicted molar refractivity (Wildman–Crippen MR) is 146 cm³/mol. The van der Waals surface area contributed by atoms with E-state index in [1.807, 2.05) is 44.2 Å². The molecule has 5 heteroatoms. The second-order valence-corrected chi connectivity index (χ2v) is 9.54. The predicted octanol–water partition coefficient (Wildman–Crippen LogP) is 9.00. The molecule has 1 atom stereocenters. The van der Waals surface area contributed by atoms with Crippen LogP contribution in [0, 0.1) is 6.92 Å². The largest absolute Gasteiger partial charge is 0.441 e.